The van der Waals surface area contributed by atoms with Gasteiger partial charge in [-0.1, -0.05) is 60.7 Å². The van der Waals surface area contributed by atoms with Crippen LogP contribution in [0.25, 0.3) is 0 Å². The van der Waals surface area contributed by atoms with Crippen LogP contribution in [0.3, 0.4) is 0 Å². The molecule has 2 atom stereocenters. The number of hydrogen-bond acceptors (Lipinski definition) is 4. The number of nitrogens with one attached hydrogen (secondary N) is 1. The van der Waals surface area contributed by atoms with Gasteiger partial charge >= 0.3 is 0 Å². The van der Waals surface area contributed by atoms with Crippen LogP contribution in [0.1, 0.15) is 42.5 Å². The Bertz CT molecular complexity index is 731. The summed E-state index contributed by atoms with van der Waals surface area (Å²) in [4.78, 5) is 0. The number of rotatable bonds is 9. The Morgan fingerprint density at radius 2 is 1.56 bits per heavy atom. The molecule has 1 aliphatic heterocycles. The Balaban J connectivity index is 1.66. The van der Waals surface area contributed by atoms with Crippen molar-refractivity contribution in [2.75, 3.05) is 6.54 Å². The summed E-state index contributed by atoms with van der Waals surface area (Å²) in [6.07, 6.45) is 6.98. The van der Waals surface area contributed by atoms with E-state index in [4.69, 9.17) is 6.42 Å². The Labute approximate surface area is 149 Å². The molecular weight excluding hydrogens is 310 g/mol. The molecule has 2 aromatic carbocycles. The third kappa shape index (κ3) is 4.54. The Morgan fingerprint density at radius 1 is 0.960 bits per heavy atom. The minimum absolute atomic E-state index is 0.188. The predicted molar refractivity (Wildman–Crippen MR) is 98.9 cm³/mol. The zero-order valence-electron chi connectivity index (χ0n) is 14.2. The molecule has 0 spiro atoms. The minimum Gasteiger partial charge on any atom is -0.386 e. The van der Waals surface area contributed by atoms with Gasteiger partial charge in [-0.25, -0.2) is 0 Å². The first-order valence-corrected chi connectivity index (χ1v) is 8.63. The summed E-state index contributed by atoms with van der Waals surface area (Å²) >= 11 is 0. The molecule has 0 aromatic heterocycles. The molecule has 1 aliphatic rings. The van der Waals surface area contributed by atoms with Crippen molar-refractivity contribution in [1.82, 2.24) is 5.32 Å². The molecule has 0 saturated carbocycles. The quantitative estimate of drug-likeness (QED) is 0.681. The van der Waals surface area contributed by atoms with Crippen molar-refractivity contribution in [2.45, 2.75) is 37.1 Å². The SMILES string of the molecule is C#CCCC1(CCN[C@H](c2ccccc2)[C@@H](O)c2ccccc2)N=N1. The molecule has 0 radical (unpaired) electrons. The van der Waals surface area contributed by atoms with Crippen LogP contribution < -0.4 is 5.32 Å². The fraction of sp³-hybridized carbons (Fsp3) is 0.333. The van der Waals surface area contributed by atoms with Crippen LogP contribution in [0.2, 0.25) is 0 Å². The second-order valence-corrected chi connectivity index (χ2v) is 6.33. The Hall–Kier alpha value is -2.48. The third-order valence-electron chi connectivity index (χ3n) is 4.56. The molecule has 0 aliphatic carbocycles. The normalized spacial score (nSPS) is 16.8. The second kappa shape index (κ2) is 8.06. The van der Waals surface area contributed by atoms with E-state index in [0.29, 0.717) is 13.0 Å². The number of aliphatic hydroxyl groups excluding tert-OH is 1. The first-order chi connectivity index (χ1) is 12.2. The summed E-state index contributed by atoms with van der Waals surface area (Å²) in [5, 5.41) is 22.7. The van der Waals surface area contributed by atoms with E-state index < -0.39 is 6.10 Å². The van der Waals surface area contributed by atoms with E-state index in [2.05, 4.69) is 21.5 Å². The second-order valence-electron chi connectivity index (χ2n) is 6.33. The van der Waals surface area contributed by atoms with Crippen molar-refractivity contribution in [1.29, 1.82) is 0 Å². The number of aliphatic hydroxyl groups is 1. The van der Waals surface area contributed by atoms with Crippen LogP contribution in [0.15, 0.2) is 70.9 Å². The maximum absolute atomic E-state index is 10.9. The monoisotopic (exact) mass is 333 g/mol. The smallest absolute Gasteiger partial charge is 0.193 e. The van der Waals surface area contributed by atoms with Crippen LogP contribution in [0.5, 0.6) is 0 Å². The van der Waals surface area contributed by atoms with E-state index in [1.54, 1.807) is 0 Å². The van der Waals surface area contributed by atoms with Gasteiger partial charge in [0.2, 0.25) is 0 Å². The molecule has 3 rings (SSSR count). The fourth-order valence-electron chi connectivity index (χ4n) is 3.01. The molecule has 2 N–H and O–H groups in total. The first-order valence-electron chi connectivity index (χ1n) is 8.63. The minimum atomic E-state index is -0.627. The van der Waals surface area contributed by atoms with Crippen LogP contribution >= 0.6 is 0 Å². The molecular formula is C21H23N3O. The fourth-order valence-corrected chi connectivity index (χ4v) is 3.01. The highest BCUT2D eigenvalue weighted by Gasteiger charge is 2.38. The molecule has 0 unspecified atom stereocenters. The summed E-state index contributed by atoms with van der Waals surface area (Å²) in [7, 11) is 0. The van der Waals surface area contributed by atoms with E-state index in [1.165, 1.54) is 0 Å². The van der Waals surface area contributed by atoms with Crippen LogP contribution in [-0.4, -0.2) is 17.3 Å². The van der Waals surface area contributed by atoms with Gasteiger partial charge in [-0.15, -0.1) is 12.3 Å². The number of benzene rings is 2. The zero-order valence-corrected chi connectivity index (χ0v) is 14.2. The molecule has 0 fully saturated rings. The van der Waals surface area contributed by atoms with Gasteiger partial charge < -0.3 is 10.4 Å². The predicted octanol–water partition coefficient (Wildman–Crippen LogP) is 4.02. The van der Waals surface area contributed by atoms with Crippen molar-refractivity contribution in [3.63, 3.8) is 0 Å². The van der Waals surface area contributed by atoms with Gasteiger partial charge in [-0.2, -0.15) is 10.2 Å². The highest BCUT2D eigenvalue weighted by Crippen LogP contribution is 2.36. The summed E-state index contributed by atoms with van der Waals surface area (Å²) in [6.45, 7) is 0.709. The molecule has 25 heavy (non-hydrogen) atoms. The average molecular weight is 333 g/mol. The lowest BCUT2D eigenvalue weighted by Gasteiger charge is -2.25. The standard InChI is InChI=1S/C21H23N3O/c1-2-3-14-21(23-24-21)15-16-22-19(17-10-6-4-7-11-17)20(25)18-12-8-5-9-13-18/h1,4-13,19-20,22,25H,3,14-16H2/t19-,20+/m1/s1. The van der Waals surface area contributed by atoms with Crippen molar-refractivity contribution < 1.29 is 5.11 Å². The van der Waals surface area contributed by atoms with Gasteiger partial charge in [0.25, 0.3) is 0 Å². The van der Waals surface area contributed by atoms with E-state index in [-0.39, 0.29) is 11.7 Å². The summed E-state index contributed by atoms with van der Waals surface area (Å²) in [5.41, 5.74) is 1.64. The van der Waals surface area contributed by atoms with Crippen LogP contribution in [-0.2, 0) is 0 Å². The van der Waals surface area contributed by atoms with Gasteiger partial charge in [0.15, 0.2) is 5.66 Å². The molecule has 0 saturated heterocycles. The molecule has 4 nitrogen and oxygen atoms in total. The molecule has 0 amide bonds. The lowest BCUT2D eigenvalue weighted by atomic mass is 9.95. The van der Waals surface area contributed by atoms with Crippen LogP contribution in [0.4, 0.5) is 0 Å². The number of nitrogens with zero attached hydrogens (tertiary/aromatic N) is 2. The van der Waals surface area contributed by atoms with E-state index in [9.17, 15) is 5.11 Å². The number of hydrogen-bond donors (Lipinski definition) is 2. The summed E-state index contributed by atoms with van der Waals surface area (Å²) in [6, 6.07) is 19.6. The Morgan fingerprint density at radius 3 is 2.12 bits per heavy atom. The molecule has 4 heteroatoms. The van der Waals surface area contributed by atoms with Crippen molar-refractivity contribution in [2.24, 2.45) is 10.2 Å². The van der Waals surface area contributed by atoms with Crippen molar-refractivity contribution in [3.8, 4) is 12.3 Å². The van der Waals surface area contributed by atoms with Crippen LogP contribution in [0, 0.1) is 12.3 Å². The summed E-state index contributed by atoms with van der Waals surface area (Å²) in [5.74, 6) is 2.65. The molecule has 0 bridgehead atoms. The van der Waals surface area contributed by atoms with E-state index >= 15 is 0 Å². The van der Waals surface area contributed by atoms with Gasteiger partial charge in [-0.05, 0) is 11.1 Å². The highest BCUT2D eigenvalue weighted by atomic mass is 16.3. The summed E-state index contributed by atoms with van der Waals surface area (Å²) < 4.78 is 0. The highest BCUT2D eigenvalue weighted by molar-refractivity contribution is 5.26. The zero-order chi connectivity index (χ0) is 17.5. The Kier molecular flexibility index (Phi) is 5.60. The molecule has 1 heterocycles. The van der Waals surface area contributed by atoms with Gasteiger partial charge in [0.05, 0.1) is 12.1 Å². The maximum atomic E-state index is 10.9. The van der Waals surface area contributed by atoms with E-state index in [0.717, 1.165) is 24.0 Å². The average Bonchev–Trinajstić information content (AvgIpc) is 3.45. The topological polar surface area (TPSA) is 57.0 Å². The third-order valence-corrected chi connectivity index (χ3v) is 4.56. The van der Waals surface area contributed by atoms with Gasteiger partial charge in [-0.3, -0.25) is 0 Å². The molecule has 128 valence electrons. The first kappa shape index (κ1) is 17.3. The van der Waals surface area contributed by atoms with E-state index in [1.807, 2.05) is 60.7 Å². The van der Waals surface area contributed by atoms with Gasteiger partial charge in [0, 0.05) is 25.8 Å². The lowest BCUT2D eigenvalue weighted by Crippen LogP contribution is -2.30. The largest absolute Gasteiger partial charge is 0.386 e. The lowest BCUT2D eigenvalue weighted by molar-refractivity contribution is 0.128. The number of terminal acetylenes is 1. The molecule has 2 aromatic rings. The maximum Gasteiger partial charge on any atom is 0.193 e. The van der Waals surface area contributed by atoms with Gasteiger partial charge in [0.1, 0.15) is 0 Å². The van der Waals surface area contributed by atoms with Crippen molar-refractivity contribution in [3.05, 3.63) is 71.8 Å². The van der Waals surface area contributed by atoms with Crippen molar-refractivity contribution >= 4 is 0 Å².